The normalized spacial score (nSPS) is 11.3. The summed E-state index contributed by atoms with van der Waals surface area (Å²) in [7, 11) is 0. The Morgan fingerprint density at radius 3 is 2.29 bits per heavy atom. The summed E-state index contributed by atoms with van der Waals surface area (Å²) in [4.78, 5) is 9.66. The van der Waals surface area contributed by atoms with Crippen molar-refractivity contribution in [3.05, 3.63) is 45.2 Å². The Morgan fingerprint density at radius 2 is 1.67 bits per heavy atom. The topological polar surface area (TPSA) is 25.8 Å². The molecular formula is C14H8ClF3N2S. The van der Waals surface area contributed by atoms with Gasteiger partial charge >= 0.3 is 0 Å². The molecule has 0 bridgehead atoms. The van der Waals surface area contributed by atoms with Crippen LogP contribution in [0.4, 0.5) is 13.2 Å². The van der Waals surface area contributed by atoms with Gasteiger partial charge in [-0.15, -0.1) is 11.3 Å². The average Bonchev–Trinajstić information content (AvgIpc) is 2.64. The zero-order valence-electron chi connectivity index (χ0n) is 11.0. The van der Waals surface area contributed by atoms with Crippen LogP contribution in [-0.4, -0.2) is 9.97 Å². The van der Waals surface area contributed by atoms with Crippen molar-refractivity contribution >= 4 is 33.2 Å². The van der Waals surface area contributed by atoms with Crippen LogP contribution in [0.2, 0.25) is 5.15 Å². The lowest BCUT2D eigenvalue weighted by molar-refractivity contribution is 0.547. The fraction of sp³-hybridized carbons (Fsp3) is 0.143. The van der Waals surface area contributed by atoms with E-state index in [1.807, 2.05) is 13.8 Å². The van der Waals surface area contributed by atoms with Gasteiger partial charge in [-0.25, -0.2) is 23.1 Å². The monoisotopic (exact) mass is 328 g/mol. The quantitative estimate of drug-likeness (QED) is 0.584. The van der Waals surface area contributed by atoms with Crippen LogP contribution in [0.25, 0.3) is 21.6 Å². The van der Waals surface area contributed by atoms with E-state index in [1.165, 1.54) is 11.3 Å². The smallest absolute Gasteiger partial charge is 0.168 e. The second-order valence-electron chi connectivity index (χ2n) is 4.55. The molecule has 0 unspecified atom stereocenters. The van der Waals surface area contributed by atoms with Crippen LogP contribution in [0, 0.1) is 31.3 Å². The van der Waals surface area contributed by atoms with Crippen molar-refractivity contribution in [3.8, 4) is 11.4 Å². The largest absolute Gasteiger partial charge is 0.217 e. The van der Waals surface area contributed by atoms with E-state index in [-0.39, 0.29) is 11.0 Å². The highest BCUT2D eigenvalue weighted by molar-refractivity contribution is 7.18. The molecule has 0 N–H and O–H groups in total. The minimum atomic E-state index is -1.06. The lowest BCUT2D eigenvalue weighted by atomic mass is 10.1. The SMILES string of the molecule is Cc1sc2nc(-c3c(F)cc(F)cc3F)nc(Cl)c2c1C. The summed E-state index contributed by atoms with van der Waals surface area (Å²) in [6.45, 7) is 3.78. The van der Waals surface area contributed by atoms with Gasteiger partial charge in [0.15, 0.2) is 5.82 Å². The van der Waals surface area contributed by atoms with Crippen LogP contribution in [0.15, 0.2) is 12.1 Å². The number of benzene rings is 1. The van der Waals surface area contributed by atoms with Gasteiger partial charge in [0.25, 0.3) is 0 Å². The van der Waals surface area contributed by atoms with Gasteiger partial charge in [-0.05, 0) is 19.4 Å². The Kier molecular flexibility index (Phi) is 3.37. The van der Waals surface area contributed by atoms with Crippen molar-refractivity contribution < 1.29 is 13.2 Å². The summed E-state index contributed by atoms with van der Waals surface area (Å²) in [6.07, 6.45) is 0. The third-order valence-electron chi connectivity index (χ3n) is 3.22. The summed E-state index contributed by atoms with van der Waals surface area (Å²) < 4.78 is 40.6. The van der Waals surface area contributed by atoms with E-state index in [0.29, 0.717) is 22.3 Å². The number of halogens is 4. The Hall–Kier alpha value is -1.66. The van der Waals surface area contributed by atoms with Crippen LogP contribution in [0.3, 0.4) is 0 Å². The first kappa shape index (κ1) is 14.3. The molecule has 0 radical (unpaired) electrons. The van der Waals surface area contributed by atoms with Crippen molar-refractivity contribution in [2.75, 3.05) is 0 Å². The first-order valence-electron chi connectivity index (χ1n) is 5.96. The first-order chi connectivity index (χ1) is 9.88. The predicted molar refractivity (Wildman–Crippen MR) is 77.2 cm³/mol. The van der Waals surface area contributed by atoms with E-state index in [0.717, 1.165) is 10.4 Å². The lowest BCUT2D eigenvalue weighted by Crippen LogP contribution is -1.98. The molecule has 2 aromatic heterocycles. The number of aryl methyl sites for hydroxylation is 2. The van der Waals surface area contributed by atoms with Gasteiger partial charge in [-0.1, -0.05) is 11.6 Å². The molecule has 2 nitrogen and oxygen atoms in total. The molecule has 0 aliphatic carbocycles. The van der Waals surface area contributed by atoms with Gasteiger partial charge in [0.1, 0.15) is 27.4 Å². The van der Waals surface area contributed by atoms with Gasteiger partial charge in [0.2, 0.25) is 0 Å². The van der Waals surface area contributed by atoms with Gasteiger partial charge in [0, 0.05) is 17.0 Å². The number of aromatic nitrogens is 2. The maximum absolute atomic E-state index is 13.8. The molecule has 0 spiro atoms. The lowest BCUT2D eigenvalue weighted by Gasteiger charge is -2.05. The van der Waals surface area contributed by atoms with Crippen molar-refractivity contribution in [1.29, 1.82) is 0 Å². The molecule has 21 heavy (non-hydrogen) atoms. The maximum Gasteiger partial charge on any atom is 0.168 e. The molecule has 108 valence electrons. The maximum atomic E-state index is 13.8. The number of hydrogen-bond donors (Lipinski definition) is 0. The summed E-state index contributed by atoms with van der Waals surface area (Å²) >= 11 is 7.47. The molecule has 0 atom stereocenters. The molecule has 0 saturated heterocycles. The summed E-state index contributed by atoms with van der Waals surface area (Å²) in [6, 6.07) is 1.18. The third-order valence-corrected chi connectivity index (χ3v) is 4.59. The van der Waals surface area contributed by atoms with E-state index in [4.69, 9.17) is 11.6 Å². The van der Waals surface area contributed by atoms with Gasteiger partial charge in [0.05, 0.1) is 10.9 Å². The van der Waals surface area contributed by atoms with E-state index in [2.05, 4.69) is 9.97 Å². The highest BCUT2D eigenvalue weighted by Gasteiger charge is 2.20. The van der Waals surface area contributed by atoms with E-state index in [1.54, 1.807) is 0 Å². The van der Waals surface area contributed by atoms with E-state index >= 15 is 0 Å². The van der Waals surface area contributed by atoms with E-state index in [9.17, 15) is 13.2 Å². The van der Waals surface area contributed by atoms with Gasteiger partial charge in [-0.3, -0.25) is 0 Å². The van der Waals surface area contributed by atoms with Crippen molar-refractivity contribution in [2.45, 2.75) is 13.8 Å². The van der Waals surface area contributed by atoms with E-state index < -0.39 is 23.0 Å². The molecule has 3 aromatic rings. The van der Waals surface area contributed by atoms with Gasteiger partial charge in [-0.2, -0.15) is 0 Å². The molecule has 0 aliphatic heterocycles. The zero-order valence-corrected chi connectivity index (χ0v) is 12.5. The van der Waals surface area contributed by atoms with Crippen LogP contribution in [0.5, 0.6) is 0 Å². The second kappa shape index (κ2) is 4.96. The molecule has 0 aliphatic rings. The third kappa shape index (κ3) is 2.28. The predicted octanol–water partition coefficient (Wildman–Crippen LogP) is 5.05. The highest BCUT2D eigenvalue weighted by atomic mass is 35.5. The fourth-order valence-electron chi connectivity index (χ4n) is 2.07. The van der Waals surface area contributed by atoms with Gasteiger partial charge < -0.3 is 0 Å². The number of nitrogens with zero attached hydrogens (tertiary/aromatic N) is 2. The van der Waals surface area contributed by atoms with Crippen molar-refractivity contribution in [1.82, 2.24) is 9.97 Å². The Balaban J connectivity index is 2.32. The van der Waals surface area contributed by atoms with Crippen molar-refractivity contribution in [2.24, 2.45) is 0 Å². The number of fused-ring (bicyclic) bond motifs is 1. The molecule has 3 rings (SSSR count). The van der Waals surface area contributed by atoms with Crippen LogP contribution in [0.1, 0.15) is 10.4 Å². The molecule has 2 heterocycles. The summed E-state index contributed by atoms with van der Waals surface area (Å²) in [5.41, 5.74) is 0.454. The van der Waals surface area contributed by atoms with Crippen molar-refractivity contribution in [3.63, 3.8) is 0 Å². The van der Waals surface area contributed by atoms with Crippen LogP contribution in [-0.2, 0) is 0 Å². The molecule has 0 amide bonds. The van der Waals surface area contributed by atoms with Crippen LogP contribution < -0.4 is 0 Å². The minimum Gasteiger partial charge on any atom is -0.217 e. The number of thiophene rings is 1. The van der Waals surface area contributed by atoms with Crippen LogP contribution >= 0.6 is 22.9 Å². The first-order valence-corrected chi connectivity index (χ1v) is 7.16. The Labute approximate surface area is 127 Å². The minimum absolute atomic E-state index is 0.125. The molecule has 0 fully saturated rings. The second-order valence-corrected chi connectivity index (χ2v) is 6.11. The number of rotatable bonds is 1. The Morgan fingerprint density at radius 1 is 1.05 bits per heavy atom. The standard InChI is InChI=1S/C14H8ClF3N2S/c1-5-6(2)21-14-10(5)12(15)19-13(20-14)11-8(17)3-7(16)4-9(11)18/h3-4H,1-2H3. The highest BCUT2D eigenvalue weighted by Crippen LogP contribution is 2.35. The Bertz CT molecular complexity index is 853. The molecule has 7 heteroatoms. The number of hydrogen-bond acceptors (Lipinski definition) is 3. The summed E-state index contributed by atoms with van der Waals surface area (Å²) in [5.74, 6) is -3.31. The summed E-state index contributed by atoms with van der Waals surface area (Å²) in [5, 5.41) is 0.797. The average molecular weight is 329 g/mol. The molecular weight excluding hydrogens is 321 g/mol. The zero-order chi connectivity index (χ0) is 15.3. The molecule has 1 aromatic carbocycles. The molecule has 0 saturated carbocycles. The fourth-order valence-corrected chi connectivity index (χ4v) is 3.46.